The van der Waals surface area contributed by atoms with Crippen molar-refractivity contribution in [2.45, 2.75) is 52.4 Å². The quantitative estimate of drug-likeness (QED) is 0.547. The van der Waals surface area contributed by atoms with Crippen molar-refractivity contribution in [1.29, 1.82) is 0 Å². The van der Waals surface area contributed by atoms with Crippen LogP contribution in [-0.4, -0.2) is 12.6 Å². The normalized spacial score (nSPS) is 12.7. The number of ether oxygens (including phenoxy) is 2. The molecule has 0 atom stereocenters. The SMILES string of the molecule is CCCCCC(=O)c1cc2c(cc1CCC)OCO2. The lowest BCUT2D eigenvalue weighted by Gasteiger charge is -2.09. The predicted octanol–water partition coefficient (Wildman–Crippen LogP) is 4.13. The minimum Gasteiger partial charge on any atom is -0.454 e. The van der Waals surface area contributed by atoms with E-state index in [1.807, 2.05) is 12.1 Å². The van der Waals surface area contributed by atoms with Gasteiger partial charge in [0.15, 0.2) is 17.3 Å². The fraction of sp³-hybridized carbons (Fsp3) is 0.562. The summed E-state index contributed by atoms with van der Waals surface area (Å²) in [6.45, 7) is 4.53. The van der Waals surface area contributed by atoms with Gasteiger partial charge in [-0.1, -0.05) is 33.1 Å². The molecular weight excluding hydrogens is 240 g/mol. The summed E-state index contributed by atoms with van der Waals surface area (Å²) in [5.74, 6) is 1.71. The van der Waals surface area contributed by atoms with Gasteiger partial charge in [0.25, 0.3) is 0 Å². The van der Waals surface area contributed by atoms with Crippen LogP contribution in [0.2, 0.25) is 0 Å². The molecule has 0 amide bonds. The van der Waals surface area contributed by atoms with Gasteiger partial charge in [-0.15, -0.1) is 0 Å². The molecule has 2 rings (SSSR count). The van der Waals surface area contributed by atoms with Gasteiger partial charge in [0.05, 0.1) is 0 Å². The number of carbonyl (C=O) groups is 1. The minimum absolute atomic E-state index is 0.232. The van der Waals surface area contributed by atoms with E-state index in [9.17, 15) is 4.79 Å². The number of carbonyl (C=O) groups excluding carboxylic acids is 1. The largest absolute Gasteiger partial charge is 0.454 e. The van der Waals surface area contributed by atoms with E-state index in [0.29, 0.717) is 12.2 Å². The molecule has 0 N–H and O–H groups in total. The average molecular weight is 262 g/mol. The Hall–Kier alpha value is -1.51. The molecule has 3 heteroatoms. The molecule has 0 bridgehead atoms. The second kappa shape index (κ2) is 6.60. The standard InChI is InChI=1S/C16H22O3/c1-3-5-6-8-14(17)13-10-16-15(18-11-19-16)9-12(13)7-4-2/h9-10H,3-8,11H2,1-2H3. The molecule has 1 aliphatic rings. The summed E-state index contributed by atoms with van der Waals surface area (Å²) in [7, 11) is 0. The minimum atomic E-state index is 0.232. The number of fused-ring (bicyclic) bond motifs is 1. The molecule has 19 heavy (non-hydrogen) atoms. The molecule has 0 unspecified atom stereocenters. The molecule has 0 aromatic heterocycles. The first-order chi connectivity index (χ1) is 9.26. The number of ketones is 1. The molecule has 0 radical (unpaired) electrons. The van der Waals surface area contributed by atoms with Crippen LogP contribution in [0, 0.1) is 0 Å². The monoisotopic (exact) mass is 262 g/mol. The average Bonchev–Trinajstić information content (AvgIpc) is 2.85. The lowest BCUT2D eigenvalue weighted by Crippen LogP contribution is -2.04. The maximum Gasteiger partial charge on any atom is 0.231 e. The first-order valence-corrected chi connectivity index (χ1v) is 7.22. The first kappa shape index (κ1) is 13.9. The zero-order valence-electron chi connectivity index (χ0n) is 11.8. The Morgan fingerprint density at radius 2 is 1.84 bits per heavy atom. The lowest BCUT2D eigenvalue weighted by atomic mass is 9.96. The van der Waals surface area contributed by atoms with Gasteiger partial charge >= 0.3 is 0 Å². The molecule has 3 nitrogen and oxygen atoms in total. The number of benzene rings is 1. The molecule has 1 aromatic rings. The van der Waals surface area contributed by atoms with Crippen LogP contribution >= 0.6 is 0 Å². The van der Waals surface area contributed by atoms with Crippen LogP contribution < -0.4 is 9.47 Å². The smallest absolute Gasteiger partial charge is 0.231 e. The van der Waals surface area contributed by atoms with E-state index in [1.165, 1.54) is 0 Å². The second-order valence-electron chi connectivity index (χ2n) is 4.99. The molecule has 1 heterocycles. The van der Waals surface area contributed by atoms with E-state index in [4.69, 9.17) is 9.47 Å². The maximum atomic E-state index is 12.3. The highest BCUT2D eigenvalue weighted by atomic mass is 16.7. The number of aryl methyl sites for hydroxylation is 1. The molecule has 0 spiro atoms. The molecular formula is C16H22O3. The zero-order chi connectivity index (χ0) is 13.7. The summed E-state index contributed by atoms with van der Waals surface area (Å²) >= 11 is 0. The molecule has 0 saturated carbocycles. The van der Waals surface area contributed by atoms with Crippen molar-refractivity contribution < 1.29 is 14.3 Å². The number of Topliss-reactive ketones (excluding diaryl/α,β-unsaturated/α-hetero) is 1. The van der Waals surface area contributed by atoms with Crippen LogP contribution in [0.5, 0.6) is 11.5 Å². The Kier molecular flexibility index (Phi) is 4.83. The number of hydrogen-bond acceptors (Lipinski definition) is 3. The van der Waals surface area contributed by atoms with Gasteiger partial charge in [-0.05, 0) is 30.5 Å². The second-order valence-corrected chi connectivity index (χ2v) is 4.99. The van der Waals surface area contributed by atoms with Gasteiger partial charge in [0, 0.05) is 12.0 Å². The van der Waals surface area contributed by atoms with Gasteiger partial charge in [-0.3, -0.25) is 4.79 Å². The lowest BCUT2D eigenvalue weighted by molar-refractivity contribution is 0.0978. The summed E-state index contributed by atoms with van der Waals surface area (Å²) in [5, 5.41) is 0. The molecule has 1 aliphatic heterocycles. The van der Waals surface area contributed by atoms with Gasteiger partial charge in [-0.25, -0.2) is 0 Å². The fourth-order valence-electron chi connectivity index (χ4n) is 2.39. The summed E-state index contributed by atoms with van der Waals surface area (Å²) in [4.78, 5) is 12.3. The summed E-state index contributed by atoms with van der Waals surface area (Å²) < 4.78 is 10.8. The fourth-order valence-corrected chi connectivity index (χ4v) is 2.39. The van der Waals surface area contributed by atoms with E-state index < -0.39 is 0 Å². The van der Waals surface area contributed by atoms with E-state index in [2.05, 4.69) is 13.8 Å². The maximum absolute atomic E-state index is 12.3. The van der Waals surface area contributed by atoms with Crippen LogP contribution in [0.4, 0.5) is 0 Å². The van der Waals surface area contributed by atoms with Crippen LogP contribution in [0.25, 0.3) is 0 Å². The van der Waals surface area contributed by atoms with E-state index in [0.717, 1.165) is 49.0 Å². The summed E-state index contributed by atoms with van der Waals surface area (Å²) in [6, 6.07) is 3.83. The first-order valence-electron chi connectivity index (χ1n) is 7.22. The Morgan fingerprint density at radius 1 is 1.11 bits per heavy atom. The molecule has 0 saturated heterocycles. The van der Waals surface area contributed by atoms with Gasteiger partial charge in [-0.2, -0.15) is 0 Å². The molecule has 0 fully saturated rings. The Bertz CT molecular complexity index is 452. The third kappa shape index (κ3) is 3.28. The van der Waals surface area contributed by atoms with Crippen molar-refractivity contribution in [3.8, 4) is 11.5 Å². The van der Waals surface area contributed by atoms with Crippen molar-refractivity contribution in [2.75, 3.05) is 6.79 Å². The Labute approximate surface area is 114 Å². The highest BCUT2D eigenvalue weighted by Crippen LogP contribution is 2.35. The zero-order valence-corrected chi connectivity index (χ0v) is 11.8. The van der Waals surface area contributed by atoms with E-state index in [-0.39, 0.29) is 12.6 Å². The topological polar surface area (TPSA) is 35.5 Å². The summed E-state index contributed by atoms with van der Waals surface area (Å²) in [6.07, 6.45) is 5.77. The molecule has 1 aromatic carbocycles. The summed E-state index contributed by atoms with van der Waals surface area (Å²) in [5.41, 5.74) is 1.91. The van der Waals surface area contributed by atoms with Gasteiger partial charge in [0.1, 0.15) is 0 Å². The number of hydrogen-bond donors (Lipinski definition) is 0. The van der Waals surface area contributed by atoms with Crippen molar-refractivity contribution in [3.05, 3.63) is 23.3 Å². The molecule has 0 aliphatic carbocycles. The third-order valence-corrected chi connectivity index (χ3v) is 3.43. The van der Waals surface area contributed by atoms with Crippen molar-refractivity contribution in [1.82, 2.24) is 0 Å². The highest BCUT2D eigenvalue weighted by Gasteiger charge is 2.20. The van der Waals surface area contributed by atoms with Crippen LogP contribution in [0.15, 0.2) is 12.1 Å². The van der Waals surface area contributed by atoms with Crippen LogP contribution in [0.1, 0.15) is 61.9 Å². The third-order valence-electron chi connectivity index (χ3n) is 3.43. The van der Waals surface area contributed by atoms with Crippen LogP contribution in [0.3, 0.4) is 0 Å². The Morgan fingerprint density at radius 3 is 2.53 bits per heavy atom. The van der Waals surface area contributed by atoms with Gasteiger partial charge in [0.2, 0.25) is 6.79 Å². The van der Waals surface area contributed by atoms with Crippen LogP contribution in [-0.2, 0) is 6.42 Å². The molecule has 104 valence electrons. The number of rotatable bonds is 7. The van der Waals surface area contributed by atoms with Crippen molar-refractivity contribution in [3.63, 3.8) is 0 Å². The Balaban J connectivity index is 2.19. The predicted molar refractivity (Wildman–Crippen MR) is 75.0 cm³/mol. The van der Waals surface area contributed by atoms with Crippen molar-refractivity contribution in [2.24, 2.45) is 0 Å². The van der Waals surface area contributed by atoms with Gasteiger partial charge < -0.3 is 9.47 Å². The van der Waals surface area contributed by atoms with Crippen molar-refractivity contribution >= 4 is 5.78 Å². The number of unbranched alkanes of at least 4 members (excludes halogenated alkanes) is 2. The highest BCUT2D eigenvalue weighted by molar-refractivity contribution is 5.98. The van der Waals surface area contributed by atoms with E-state index >= 15 is 0 Å². The van der Waals surface area contributed by atoms with E-state index in [1.54, 1.807) is 0 Å².